The molecule has 3 nitrogen and oxygen atoms in total. The maximum Gasteiger partial charge on any atom is 0.176 e. The molecule has 1 aliphatic rings. The topological polar surface area (TPSA) is 29.5 Å². The van der Waals surface area contributed by atoms with Crippen LogP contribution in [-0.4, -0.2) is 50.3 Å². The molecule has 0 spiro atoms. The van der Waals surface area contributed by atoms with Gasteiger partial charge in [0.15, 0.2) is 5.78 Å². The Labute approximate surface area is 125 Å². The molecule has 20 heavy (non-hydrogen) atoms. The number of thioether (sulfide) groups is 1. The molecule has 0 aromatic heterocycles. The molecule has 1 saturated heterocycles. The van der Waals surface area contributed by atoms with Crippen LogP contribution >= 0.6 is 11.8 Å². The Morgan fingerprint density at radius 2 is 1.95 bits per heavy atom. The summed E-state index contributed by atoms with van der Waals surface area (Å²) in [4.78, 5) is 15.7. The van der Waals surface area contributed by atoms with E-state index in [4.69, 9.17) is 4.74 Å². The molecule has 110 valence electrons. The minimum Gasteiger partial charge on any atom is -0.384 e. The third kappa shape index (κ3) is 4.33. The van der Waals surface area contributed by atoms with Crippen LogP contribution in [0, 0.1) is 5.92 Å². The number of piperidine rings is 1. The number of ketones is 1. The Balaban J connectivity index is 1.82. The fourth-order valence-electron chi connectivity index (χ4n) is 2.62. The van der Waals surface area contributed by atoms with Gasteiger partial charge in [-0.25, -0.2) is 0 Å². The number of ether oxygens (including phenoxy) is 1. The van der Waals surface area contributed by atoms with Crippen molar-refractivity contribution >= 4 is 17.5 Å². The lowest BCUT2D eigenvalue weighted by molar-refractivity contribution is 0.0810. The van der Waals surface area contributed by atoms with Gasteiger partial charge in [-0.05, 0) is 50.2 Å². The lowest BCUT2D eigenvalue weighted by Gasteiger charge is -2.31. The van der Waals surface area contributed by atoms with Gasteiger partial charge in [-0.1, -0.05) is 12.1 Å². The fraction of sp³-hybridized carbons (Fsp3) is 0.562. The lowest BCUT2D eigenvalue weighted by atomic mass is 9.97. The highest BCUT2D eigenvalue weighted by Crippen LogP contribution is 2.18. The normalized spacial score (nSPS) is 17.3. The van der Waals surface area contributed by atoms with Crippen LogP contribution in [-0.2, 0) is 4.74 Å². The third-order valence-electron chi connectivity index (χ3n) is 3.89. The van der Waals surface area contributed by atoms with E-state index in [-0.39, 0.29) is 5.78 Å². The highest BCUT2D eigenvalue weighted by atomic mass is 32.2. The average Bonchev–Trinajstić information content (AvgIpc) is 2.49. The molecule has 1 fully saturated rings. The Bertz CT molecular complexity index is 425. The lowest BCUT2D eigenvalue weighted by Crippen LogP contribution is -2.38. The van der Waals surface area contributed by atoms with Crippen molar-refractivity contribution in [1.82, 2.24) is 4.90 Å². The van der Waals surface area contributed by atoms with E-state index in [9.17, 15) is 4.79 Å². The second-order valence-electron chi connectivity index (χ2n) is 5.33. The Morgan fingerprint density at radius 3 is 2.50 bits per heavy atom. The van der Waals surface area contributed by atoms with Gasteiger partial charge in [0.1, 0.15) is 0 Å². The van der Waals surface area contributed by atoms with Crippen LogP contribution in [0.25, 0.3) is 0 Å². The molecule has 1 aromatic carbocycles. The molecule has 1 aliphatic heterocycles. The zero-order valence-electron chi connectivity index (χ0n) is 12.3. The van der Waals surface area contributed by atoms with E-state index in [0.717, 1.165) is 38.1 Å². The number of Topliss-reactive ketones (excluding diaryl/α,β-unsaturated/α-hetero) is 1. The number of nitrogens with zero attached hydrogens (tertiary/aromatic N) is 1. The smallest absolute Gasteiger partial charge is 0.176 e. The van der Waals surface area contributed by atoms with Gasteiger partial charge in [-0.3, -0.25) is 9.69 Å². The summed E-state index contributed by atoms with van der Waals surface area (Å²) in [6.45, 7) is 3.39. The van der Waals surface area contributed by atoms with Gasteiger partial charge in [0.2, 0.25) is 0 Å². The third-order valence-corrected chi connectivity index (χ3v) is 4.63. The zero-order valence-corrected chi connectivity index (χ0v) is 13.1. The molecular weight excluding hydrogens is 270 g/mol. The summed E-state index contributed by atoms with van der Waals surface area (Å²) >= 11 is 1.70. The number of rotatable bonds is 6. The molecule has 0 radical (unpaired) electrons. The van der Waals surface area contributed by atoms with Gasteiger partial charge in [-0.15, -0.1) is 11.8 Å². The van der Waals surface area contributed by atoms with Crippen LogP contribution in [0.3, 0.4) is 0 Å². The number of methoxy groups -OCH3 is 1. The SMILES string of the molecule is COCC1CCN(CC(=O)c2ccc(SC)cc2)CC1. The summed E-state index contributed by atoms with van der Waals surface area (Å²) in [5.74, 6) is 0.884. The quantitative estimate of drug-likeness (QED) is 0.596. The van der Waals surface area contributed by atoms with Gasteiger partial charge < -0.3 is 4.74 Å². The largest absolute Gasteiger partial charge is 0.384 e. The molecule has 0 unspecified atom stereocenters. The predicted octanol–water partition coefficient (Wildman–Crippen LogP) is 2.95. The van der Waals surface area contributed by atoms with Crippen LogP contribution in [0.15, 0.2) is 29.2 Å². The summed E-state index contributed by atoms with van der Waals surface area (Å²) in [5.41, 5.74) is 0.821. The summed E-state index contributed by atoms with van der Waals surface area (Å²) in [6, 6.07) is 7.91. The maximum atomic E-state index is 12.2. The van der Waals surface area contributed by atoms with Gasteiger partial charge in [-0.2, -0.15) is 0 Å². The molecule has 0 N–H and O–H groups in total. The second-order valence-corrected chi connectivity index (χ2v) is 6.21. The van der Waals surface area contributed by atoms with Crippen LogP contribution < -0.4 is 0 Å². The summed E-state index contributed by atoms with van der Waals surface area (Å²) in [5, 5.41) is 0. The van der Waals surface area contributed by atoms with Crippen LogP contribution in [0.1, 0.15) is 23.2 Å². The van der Waals surface area contributed by atoms with E-state index < -0.39 is 0 Å². The first-order chi connectivity index (χ1) is 9.72. The van der Waals surface area contributed by atoms with E-state index in [1.54, 1.807) is 18.9 Å². The Hall–Kier alpha value is -0.840. The molecule has 0 aliphatic carbocycles. The highest BCUT2D eigenvalue weighted by Gasteiger charge is 2.21. The highest BCUT2D eigenvalue weighted by molar-refractivity contribution is 7.98. The van der Waals surface area contributed by atoms with Gasteiger partial charge in [0.05, 0.1) is 6.54 Å². The first-order valence-corrected chi connectivity index (χ1v) is 8.34. The van der Waals surface area contributed by atoms with Crippen molar-refractivity contribution in [3.8, 4) is 0 Å². The minimum atomic E-state index is 0.225. The van der Waals surface area contributed by atoms with Crippen molar-refractivity contribution in [2.45, 2.75) is 17.7 Å². The van der Waals surface area contributed by atoms with E-state index in [1.807, 2.05) is 30.5 Å². The van der Waals surface area contributed by atoms with Crippen LogP contribution in [0.5, 0.6) is 0 Å². The van der Waals surface area contributed by atoms with E-state index >= 15 is 0 Å². The minimum absolute atomic E-state index is 0.225. The predicted molar refractivity (Wildman–Crippen MR) is 83.6 cm³/mol. The number of likely N-dealkylation sites (tertiary alicyclic amines) is 1. The number of carbonyl (C=O) groups is 1. The average molecular weight is 293 g/mol. The first kappa shape index (κ1) is 15.5. The molecule has 0 amide bonds. The van der Waals surface area contributed by atoms with Gasteiger partial charge >= 0.3 is 0 Å². The number of hydrogen-bond acceptors (Lipinski definition) is 4. The second kappa shape index (κ2) is 7.81. The van der Waals surface area contributed by atoms with E-state index in [0.29, 0.717) is 12.5 Å². The van der Waals surface area contributed by atoms with E-state index in [1.165, 1.54) is 4.90 Å². The maximum absolute atomic E-state index is 12.2. The van der Waals surface area contributed by atoms with Crippen molar-refractivity contribution in [1.29, 1.82) is 0 Å². The van der Waals surface area contributed by atoms with E-state index in [2.05, 4.69) is 4.90 Å². The number of carbonyl (C=O) groups excluding carboxylic acids is 1. The molecular formula is C16H23NO2S. The molecule has 0 atom stereocenters. The van der Waals surface area contributed by atoms with Crippen molar-refractivity contribution in [3.05, 3.63) is 29.8 Å². The van der Waals surface area contributed by atoms with Crippen molar-refractivity contribution in [3.63, 3.8) is 0 Å². The van der Waals surface area contributed by atoms with Crippen molar-refractivity contribution in [2.24, 2.45) is 5.92 Å². The number of hydrogen-bond donors (Lipinski definition) is 0. The van der Waals surface area contributed by atoms with Crippen LogP contribution in [0.2, 0.25) is 0 Å². The molecule has 4 heteroatoms. The molecule has 0 saturated carbocycles. The van der Waals surface area contributed by atoms with Crippen molar-refractivity contribution < 1.29 is 9.53 Å². The Morgan fingerprint density at radius 1 is 1.30 bits per heavy atom. The molecule has 0 bridgehead atoms. The van der Waals surface area contributed by atoms with Gasteiger partial charge in [0, 0.05) is 24.2 Å². The monoisotopic (exact) mass is 293 g/mol. The summed E-state index contributed by atoms with van der Waals surface area (Å²) < 4.78 is 5.20. The van der Waals surface area contributed by atoms with Gasteiger partial charge in [0.25, 0.3) is 0 Å². The molecule has 1 heterocycles. The Kier molecular flexibility index (Phi) is 6.07. The molecule has 2 rings (SSSR count). The number of benzene rings is 1. The zero-order chi connectivity index (χ0) is 14.4. The first-order valence-electron chi connectivity index (χ1n) is 7.11. The standard InChI is InChI=1S/C16H23NO2S/c1-19-12-13-7-9-17(10-8-13)11-16(18)14-3-5-15(20-2)6-4-14/h3-6,13H,7-12H2,1-2H3. The summed E-state index contributed by atoms with van der Waals surface area (Å²) in [7, 11) is 1.76. The summed E-state index contributed by atoms with van der Waals surface area (Å²) in [6.07, 6.45) is 4.31. The molecule has 1 aromatic rings. The van der Waals surface area contributed by atoms with Crippen LogP contribution in [0.4, 0.5) is 0 Å². The van der Waals surface area contributed by atoms with Crippen molar-refractivity contribution in [2.75, 3.05) is 39.6 Å². The fourth-order valence-corrected chi connectivity index (χ4v) is 3.03.